The van der Waals surface area contributed by atoms with Crippen molar-refractivity contribution in [3.8, 4) is 34.4 Å². The number of ether oxygens (including phenoxy) is 2. The predicted molar refractivity (Wildman–Crippen MR) is 129 cm³/mol. The zero-order chi connectivity index (χ0) is 28.1. The van der Waals surface area contributed by atoms with Gasteiger partial charge in [0.15, 0.2) is 32.2 Å². The van der Waals surface area contributed by atoms with Gasteiger partial charge in [0.25, 0.3) is 0 Å². The molecule has 4 aromatic rings. The highest BCUT2D eigenvalue weighted by Crippen LogP contribution is 2.50. The second-order valence-corrected chi connectivity index (χ2v) is 11.8. The van der Waals surface area contributed by atoms with Gasteiger partial charge in [-0.25, -0.2) is 22.8 Å². The van der Waals surface area contributed by atoms with E-state index < -0.39 is 39.2 Å². The van der Waals surface area contributed by atoms with Crippen molar-refractivity contribution in [2.45, 2.75) is 42.7 Å². The van der Waals surface area contributed by atoms with Gasteiger partial charge in [0, 0.05) is 31.8 Å². The van der Waals surface area contributed by atoms with E-state index in [0.717, 1.165) is 12.1 Å². The molecule has 0 spiro atoms. The molecular formula is C25H21F5N4O4S. The van der Waals surface area contributed by atoms with E-state index in [2.05, 4.69) is 19.4 Å². The molecule has 0 N–H and O–H groups in total. The molecule has 6 rings (SSSR count). The van der Waals surface area contributed by atoms with Crippen molar-refractivity contribution in [3.05, 3.63) is 42.0 Å². The van der Waals surface area contributed by atoms with Gasteiger partial charge in [-0.15, -0.1) is 0 Å². The minimum atomic E-state index is -4.91. The summed E-state index contributed by atoms with van der Waals surface area (Å²) < 4.78 is 107. The van der Waals surface area contributed by atoms with E-state index >= 15 is 0 Å². The van der Waals surface area contributed by atoms with Crippen LogP contribution in [0, 0.1) is 0 Å². The Hall–Kier alpha value is -3.68. The number of hydrogen-bond donors (Lipinski definition) is 0. The van der Waals surface area contributed by atoms with E-state index in [9.17, 15) is 30.4 Å². The molecule has 2 aromatic heterocycles. The normalized spacial score (nSPS) is 18.9. The fourth-order valence-electron chi connectivity index (χ4n) is 4.68. The topological polar surface area (TPSA) is 88.2 Å². The molecule has 0 saturated heterocycles. The minimum absolute atomic E-state index is 0.0278. The molecule has 14 heteroatoms. The molecule has 8 nitrogen and oxygen atoms in total. The number of rotatable bonds is 5. The highest BCUT2D eigenvalue weighted by molar-refractivity contribution is 7.91. The minimum Gasteiger partial charge on any atom is -0.421 e. The molecule has 0 unspecified atom stereocenters. The smallest absolute Gasteiger partial charge is 0.421 e. The van der Waals surface area contributed by atoms with Crippen LogP contribution in [0.4, 0.5) is 22.0 Å². The molecule has 1 saturated carbocycles. The summed E-state index contributed by atoms with van der Waals surface area (Å²) in [6.45, 7) is 1.46. The second-order valence-electron chi connectivity index (χ2n) is 9.62. The summed E-state index contributed by atoms with van der Waals surface area (Å²) in [6.07, 6.45) is -9.02. The molecule has 1 aliphatic heterocycles. The lowest BCUT2D eigenvalue weighted by molar-refractivity contribution is -0.391. The Bertz CT molecular complexity index is 1780. The standard InChI is InChI=1S/C25H21F5N4O4S/c1-4-39(35,36)22-19(32-20(34(22)3)13-6-5-7-14(10-13)23(26)8-9-23)21-31-15-11-17-18(12-16(15)33(21)2)38-25(29,30)24(27,28)37-17/h5-7,10-12H,4,8-9H2,1-3H3. The van der Waals surface area contributed by atoms with Crippen LogP contribution >= 0.6 is 0 Å². The third kappa shape index (κ3) is 3.79. The van der Waals surface area contributed by atoms with Crippen LogP contribution in [0.3, 0.4) is 0 Å². The van der Waals surface area contributed by atoms with E-state index in [1.807, 2.05) is 0 Å². The van der Waals surface area contributed by atoms with Gasteiger partial charge >= 0.3 is 12.2 Å². The summed E-state index contributed by atoms with van der Waals surface area (Å²) >= 11 is 0. The summed E-state index contributed by atoms with van der Waals surface area (Å²) in [7, 11) is -0.895. The van der Waals surface area contributed by atoms with Crippen molar-refractivity contribution >= 4 is 20.9 Å². The van der Waals surface area contributed by atoms with Crippen molar-refractivity contribution < 1.29 is 39.8 Å². The molecule has 2 aliphatic rings. The summed E-state index contributed by atoms with van der Waals surface area (Å²) in [5, 5.41) is -0.166. The molecule has 1 fully saturated rings. The SMILES string of the molecule is CCS(=O)(=O)c1c(-c2nc3cc4c(cc3n2C)OC(F)(F)C(F)(F)O4)nc(-c2cccc(C3(F)CC3)c2)n1C. The summed E-state index contributed by atoms with van der Waals surface area (Å²) in [6, 6.07) is 8.70. The van der Waals surface area contributed by atoms with Crippen LogP contribution in [0.1, 0.15) is 25.3 Å². The van der Waals surface area contributed by atoms with Gasteiger partial charge in [0.05, 0.1) is 16.8 Å². The van der Waals surface area contributed by atoms with Crippen molar-refractivity contribution in [1.82, 2.24) is 19.1 Å². The van der Waals surface area contributed by atoms with Crippen LogP contribution in [-0.4, -0.2) is 45.5 Å². The van der Waals surface area contributed by atoms with Crippen LogP contribution in [0.25, 0.3) is 33.9 Å². The number of aryl methyl sites for hydroxylation is 1. The molecule has 2 aromatic carbocycles. The Morgan fingerprint density at radius 3 is 2.15 bits per heavy atom. The Kier molecular flexibility index (Phi) is 5.20. The van der Waals surface area contributed by atoms with Crippen molar-refractivity contribution in [2.24, 2.45) is 14.1 Å². The highest BCUT2D eigenvalue weighted by Gasteiger charge is 2.66. The van der Waals surface area contributed by atoms with Crippen LogP contribution < -0.4 is 9.47 Å². The Morgan fingerprint density at radius 1 is 0.897 bits per heavy atom. The molecule has 0 amide bonds. The fraction of sp³-hybridized carbons (Fsp3) is 0.360. The predicted octanol–water partition coefficient (Wildman–Crippen LogP) is 5.35. The Labute approximate surface area is 218 Å². The number of alkyl halides is 5. The van der Waals surface area contributed by atoms with Gasteiger partial charge in [-0.1, -0.05) is 25.1 Å². The van der Waals surface area contributed by atoms with Gasteiger partial charge in [-0.2, -0.15) is 17.6 Å². The van der Waals surface area contributed by atoms with E-state index in [-0.39, 0.29) is 39.2 Å². The Balaban J connectivity index is 1.55. The third-order valence-electron chi connectivity index (χ3n) is 7.02. The number of halogens is 5. The number of imidazole rings is 2. The van der Waals surface area contributed by atoms with Crippen LogP contribution in [0.15, 0.2) is 41.4 Å². The van der Waals surface area contributed by atoms with Gasteiger partial charge < -0.3 is 18.6 Å². The molecule has 206 valence electrons. The monoisotopic (exact) mass is 568 g/mol. The number of aromatic nitrogens is 4. The van der Waals surface area contributed by atoms with Gasteiger partial charge in [-0.3, -0.25) is 0 Å². The fourth-order valence-corrected chi connectivity index (χ4v) is 5.89. The largest absolute Gasteiger partial charge is 0.507 e. The summed E-state index contributed by atoms with van der Waals surface area (Å²) in [4.78, 5) is 8.98. The molecule has 0 atom stereocenters. The molecule has 1 aliphatic carbocycles. The quantitative estimate of drug-likeness (QED) is 0.302. The molecule has 39 heavy (non-hydrogen) atoms. The second kappa shape index (κ2) is 7.93. The van der Waals surface area contributed by atoms with Gasteiger partial charge in [-0.05, 0) is 24.5 Å². The Morgan fingerprint density at radius 2 is 1.54 bits per heavy atom. The lowest BCUT2D eigenvalue weighted by Crippen LogP contribution is -2.52. The van der Waals surface area contributed by atoms with Gasteiger partial charge in [0.1, 0.15) is 17.2 Å². The number of benzene rings is 2. The average molecular weight is 569 g/mol. The van der Waals surface area contributed by atoms with E-state index in [1.165, 1.54) is 30.2 Å². The van der Waals surface area contributed by atoms with Crippen molar-refractivity contribution in [2.75, 3.05) is 5.75 Å². The zero-order valence-corrected chi connectivity index (χ0v) is 21.6. The average Bonchev–Trinajstić information content (AvgIpc) is 3.41. The van der Waals surface area contributed by atoms with Gasteiger partial charge in [0.2, 0.25) is 0 Å². The first-order chi connectivity index (χ1) is 18.2. The number of hydrogen-bond acceptors (Lipinski definition) is 6. The van der Waals surface area contributed by atoms with Crippen molar-refractivity contribution in [1.29, 1.82) is 0 Å². The third-order valence-corrected chi connectivity index (χ3v) is 8.83. The number of fused-ring (bicyclic) bond motifs is 2. The lowest BCUT2D eigenvalue weighted by atomic mass is 10.1. The van der Waals surface area contributed by atoms with E-state index in [1.54, 1.807) is 24.3 Å². The van der Waals surface area contributed by atoms with Crippen LogP contribution in [0.2, 0.25) is 0 Å². The molecule has 0 radical (unpaired) electrons. The highest BCUT2D eigenvalue weighted by atomic mass is 32.2. The summed E-state index contributed by atoms with van der Waals surface area (Å²) in [5.74, 6) is -1.28. The molecule has 0 bridgehead atoms. The summed E-state index contributed by atoms with van der Waals surface area (Å²) in [5.41, 5.74) is -0.287. The zero-order valence-electron chi connectivity index (χ0n) is 20.8. The molecule has 3 heterocycles. The maximum atomic E-state index is 14.8. The maximum Gasteiger partial charge on any atom is 0.507 e. The number of sulfone groups is 1. The van der Waals surface area contributed by atoms with Crippen molar-refractivity contribution in [3.63, 3.8) is 0 Å². The maximum absolute atomic E-state index is 14.8. The van der Waals surface area contributed by atoms with E-state index in [0.29, 0.717) is 24.0 Å². The first-order valence-corrected chi connectivity index (χ1v) is 13.6. The molecular weight excluding hydrogens is 547 g/mol. The first kappa shape index (κ1) is 25.6. The lowest BCUT2D eigenvalue weighted by Gasteiger charge is -2.31. The number of nitrogens with zero attached hydrogens (tertiary/aromatic N) is 4. The van der Waals surface area contributed by atoms with Crippen LogP contribution in [0.5, 0.6) is 11.5 Å². The van der Waals surface area contributed by atoms with Crippen LogP contribution in [-0.2, 0) is 29.6 Å². The first-order valence-electron chi connectivity index (χ1n) is 11.9. The van der Waals surface area contributed by atoms with E-state index in [4.69, 9.17) is 0 Å².